The van der Waals surface area contributed by atoms with E-state index in [1.807, 2.05) is 19.1 Å². The van der Waals surface area contributed by atoms with Gasteiger partial charge in [-0.05, 0) is 53.3 Å². The van der Waals surface area contributed by atoms with Crippen molar-refractivity contribution < 1.29 is 9.53 Å². The van der Waals surface area contributed by atoms with Crippen molar-refractivity contribution in [3.63, 3.8) is 0 Å². The van der Waals surface area contributed by atoms with E-state index in [-0.39, 0.29) is 17.8 Å². The molecule has 0 saturated carbocycles. The van der Waals surface area contributed by atoms with E-state index in [0.717, 1.165) is 49.1 Å². The molecule has 1 saturated heterocycles. The summed E-state index contributed by atoms with van der Waals surface area (Å²) in [6.45, 7) is 5.50. The molecule has 2 aromatic rings. The van der Waals surface area contributed by atoms with Crippen LogP contribution in [0.3, 0.4) is 0 Å². The maximum atomic E-state index is 12.5. The number of rotatable bonds is 8. The molecule has 3 rings (SSSR count). The Morgan fingerprint density at radius 2 is 2.26 bits per heavy atom. The zero-order valence-corrected chi connectivity index (χ0v) is 17.1. The van der Waals surface area contributed by atoms with E-state index in [1.54, 1.807) is 4.68 Å². The number of hydrogen-bond donors (Lipinski definition) is 1. The standard InChI is InChI=1S/C18H24ClN5O2S/c1-3-12-7-8-15(19)14(4-2)17(12)20-16(25)11-27-18-21-22-23-24(18)10-13-6-5-9-26-13/h7-8,13H,3-6,9-11H2,1-2H3,(H,20,25)/t13-/m0/s1. The van der Waals surface area contributed by atoms with Gasteiger partial charge in [0.1, 0.15) is 0 Å². The molecule has 7 nitrogen and oxygen atoms in total. The van der Waals surface area contributed by atoms with Crippen LogP contribution in [0.25, 0.3) is 0 Å². The Kier molecular flexibility index (Phi) is 7.09. The van der Waals surface area contributed by atoms with Gasteiger partial charge in [-0.3, -0.25) is 4.79 Å². The third kappa shape index (κ3) is 5.00. The largest absolute Gasteiger partial charge is 0.376 e. The van der Waals surface area contributed by atoms with Gasteiger partial charge in [0, 0.05) is 17.3 Å². The summed E-state index contributed by atoms with van der Waals surface area (Å²) < 4.78 is 7.34. The Balaban J connectivity index is 1.63. The molecule has 146 valence electrons. The first kappa shape index (κ1) is 20.1. The van der Waals surface area contributed by atoms with Gasteiger partial charge in [0.25, 0.3) is 0 Å². The van der Waals surface area contributed by atoms with Gasteiger partial charge in [-0.2, -0.15) is 0 Å². The minimum absolute atomic E-state index is 0.0988. The van der Waals surface area contributed by atoms with Crippen molar-refractivity contribution in [1.82, 2.24) is 20.2 Å². The van der Waals surface area contributed by atoms with Crippen molar-refractivity contribution in [1.29, 1.82) is 0 Å². The second-order valence-corrected chi connectivity index (χ2v) is 7.73. The van der Waals surface area contributed by atoms with Gasteiger partial charge in [0.05, 0.1) is 18.4 Å². The summed E-state index contributed by atoms with van der Waals surface area (Å²) in [4.78, 5) is 12.5. The van der Waals surface area contributed by atoms with Crippen LogP contribution >= 0.6 is 23.4 Å². The summed E-state index contributed by atoms with van der Waals surface area (Å²) in [6.07, 6.45) is 3.81. The number of ether oxygens (including phenoxy) is 1. The molecule has 0 radical (unpaired) electrons. The second kappa shape index (κ2) is 9.52. The molecule has 0 aliphatic carbocycles. The van der Waals surface area contributed by atoms with E-state index < -0.39 is 0 Å². The summed E-state index contributed by atoms with van der Waals surface area (Å²) in [5.41, 5.74) is 2.88. The minimum atomic E-state index is -0.0988. The van der Waals surface area contributed by atoms with Crippen LogP contribution < -0.4 is 5.32 Å². The van der Waals surface area contributed by atoms with E-state index in [0.29, 0.717) is 16.7 Å². The number of carbonyl (C=O) groups is 1. The number of aryl methyl sites for hydroxylation is 1. The van der Waals surface area contributed by atoms with E-state index in [9.17, 15) is 4.79 Å². The first-order valence-corrected chi connectivity index (χ1v) is 10.6. The lowest BCUT2D eigenvalue weighted by Gasteiger charge is -2.16. The van der Waals surface area contributed by atoms with Crippen LogP contribution in [0.4, 0.5) is 5.69 Å². The number of aromatic nitrogens is 4. The van der Waals surface area contributed by atoms with Crippen LogP contribution in [0, 0.1) is 0 Å². The van der Waals surface area contributed by atoms with E-state index in [1.165, 1.54) is 11.8 Å². The number of nitrogens with one attached hydrogen (secondary N) is 1. The third-order valence-corrected chi connectivity index (χ3v) is 5.88. The fourth-order valence-electron chi connectivity index (χ4n) is 3.17. The number of thioether (sulfide) groups is 1. The molecule has 1 amide bonds. The SMILES string of the molecule is CCc1ccc(Cl)c(CC)c1NC(=O)CSc1nnnn1C[C@@H]1CCCO1. The molecule has 1 aromatic heterocycles. The molecule has 0 unspecified atom stereocenters. The van der Waals surface area contributed by atoms with E-state index >= 15 is 0 Å². The molecular formula is C18H24ClN5O2S. The van der Waals surface area contributed by atoms with Crippen molar-refractivity contribution in [2.45, 2.75) is 57.3 Å². The summed E-state index contributed by atoms with van der Waals surface area (Å²) in [6, 6.07) is 3.86. The van der Waals surface area contributed by atoms with Crippen molar-refractivity contribution >= 4 is 35.0 Å². The first-order valence-electron chi connectivity index (χ1n) is 9.23. The molecule has 1 aromatic carbocycles. The van der Waals surface area contributed by atoms with Gasteiger partial charge in [-0.15, -0.1) is 5.10 Å². The molecular weight excluding hydrogens is 386 g/mol. The van der Waals surface area contributed by atoms with Crippen LogP contribution in [0.2, 0.25) is 5.02 Å². The topological polar surface area (TPSA) is 81.9 Å². The molecule has 1 aliphatic heterocycles. The first-order chi connectivity index (χ1) is 13.1. The Morgan fingerprint density at radius 3 is 2.96 bits per heavy atom. The lowest BCUT2D eigenvalue weighted by atomic mass is 10.0. The Bertz CT molecular complexity index is 792. The van der Waals surface area contributed by atoms with Gasteiger partial charge < -0.3 is 10.1 Å². The maximum Gasteiger partial charge on any atom is 0.234 e. The smallest absolute Gasteiger partial charge is 0.234 e. The van der Waals surface area contributed by atoms with Gasteiger partial charge in [0.2, 0.25) is 11.1 Å². The van der Waals surface area contributed by atoms with Crippen molar-refractivity contribution in [2.75, 3.05) is 17.7 Å². The number of tetrazole rings is 1. The molecule has 2 heterocycles. The number of carbonyl (C=O) groups excluding carboxylic acids is 1. The molecule has 9 heteroatoms. The van der Waals surface area contributed by atoms with Crippen molar-refractivity contribution in [2.24, 2.45) is 0 Å². The lowest BCUT2D eigenvalue weighted by molar-refractivity contribution is -0.113. The Labute approximate surface area is 168 Å². The van der Waals surface area contributed by atoms with Crippen molar-refractivity contribution in [3.8, 4) is 0 Å². The minimum Gasteiger partial charge on any atom is -0.376 e. The highest BCUT2D eigenvalue weighted by Crippen LogP contribution is 2.30. The lowest BCUT2D eigenvalue weighted by Crippen LogP contribution is -2.19. The molecule has 0 bridgehead atoms. The number of halogens is 1. The second-order valence-electron chi connectivity index (χ2n) is 6.38. The highest BCUT2D eigenvalue weighted by molar-refractivity contribution is 7.99. The normalized spacial score (nSPS) is 16.6. The average Bonchev–Trinajstić information content (AvgIpc) is 3.33. The van der Waals surface area contributed by atoms with Gasteiger partial charge in [-0.25, -0.2) is 4.68 Å². The zero-order chi connectivity index (χ0) is 19.2. The molecule has 1 N–H and O–H groups in total. The van der Waals surface area contributed by atoms with E-state index in [2.05, 4.69) is 27.8 Å². The van der Waals surface area contributed by atoms with Crippen LogP contribution in [0.1, 0.15) is 37.8 Å². The van der Waals surface area contributed by atoms with E-state index in [4.69, 9.17) is 16.3 Å². The predicted octanol–water partition coefficient (Wildman–Crippen LogP) is 3.36. The molecule has 0 spiro atoms. The Hall–Kier alpha value is -1.64. The summed E-state index contributed by atoms with van der Waals surface area (Å²) >= 11 is 7.63. The fourth-order valence-corrected chi connectivity index (χ4v) is 4.15. The predicted molar refractivity (Wildman–Crippen MR) is 106 cm³/mol. The zero-order valence-electron chi connectivity index (χ0n) is 15.6. The van der Waals surface area contributed by atoms with Crippen molar-refractivity contribution in [3.05, 3.63) is 28.3 Å². The highest BCUT2D eigenvalue weighted by Gasteiger charge is 2.20. The number of benzene rings is 1. The quantitative estimate of drug-likeness (QED) is 0.673. The van der Waals surface area contributed by atoms with Gasteiger partial charge >= 0.3 is 0 Å². The Morgan fingerprint density at radius 1 is 1.41 bits per heavy atom. The molecule has 1 atom stereocenters. The van der Waals surface area contributed by atoms with Gasteiger partial charge in [0.15, 0.2) is 0 Å². The summed E-state index contributed by atoms with van der Waals surface area (Å²) in [5, 5.41) is 16.1. The summed E-state index contributed by atoms with van der Waals surface area (Å²) in [5.74, 6) is 0.128. The monoisotopic (exact) mass is 409 g/mol. The summed E-state index contributed by atoms with van der Waals surface area (Å²) in [7, 11) is 0. The third-order valence-electron chi connectivity index (χ3n) is 4.57. The van der Waals surface area contributed by atoms with Crippen LogP contribution in [0.5, 0.6) is 0 Å². The highest BCUT2D eigenvalue weighted by atomic mass is 35.5. The molecule has 1 fully saturated rings. The maximum absolute atomic E-state index is 12.5. The number of amides is 1. The van der Waals surface area contributed by atoms with Crippen LogP contribution in [0.15, 0.2) is 17.3 Å². The van der Waals surface area contributed by atoms with Crippen LogP contribution in [-0.2, 0) is 28.9 Å². The van der Waals surface area contributed by atoms with Gasteiger partial charge in [-0.1, -0.05) is 43.3 Å². The number of hydrogen-bond acceptors (Lipinski definition) is 6. The fraction of sp³-hybridized carbons (Fsp3) is 0.556. The average molecular weight is 410 g/mol. The number of nitrogens with zero attached hydrogens (tertiary/aromatic N) is 4. The molecule has 1 aliphatic rings. The van der Waals surface area contributed by atoms with Crippen LogP contribution in [-0.4, -0.2) is 44.6 Å². The molecule has 27 heavy (non-hydrogen) atoms. The number of anilines is 1.